The Morgan fingerprint density at radius 1 is 1.11 bits per heavy atom. The Balaban J connectivity index is 0.00000225. The average molecular weight is 412 g/mol. The SMILES string of the molecule is Cl.O=C1CCC(N2C(=O)c3ccc(C4(O)CCNCC4)c(F)c3C2=O)C(=O)N1. The molecule has 0 radical (unpaired) electrons. The number of carbonyl (C=O) groups is 4. The molecule has 8 nitrogen and oxygen atoms in total. The number of imide groups is 2. The molecule has 10 heteroatoms. The number of amides is 4. The summed E-state index contributed by atoms with van der Waals surface area (Å²) in [5.41, 5.74) is -2.00. The molecular formula is C18H19ClFN3O5. The molecule has 3 N–H and O–H groups in total. The predicted molar refractivity (Wildman–Crippen MR) is 96.3 cm³/mol. The molecule has 1 atom stereocenters. The summed E-state index contributed by atoms with van der Waals surface area (Å²) in [6, 6.07) is 1.50. The van der Waals surface area contributed by atoms with Gasteiger partial charge in [-0.25, -0.2) is 4.39 Å². The summed E-state index contributed by atoms with van der Waals surface area (Å²) in [5.74, 6) is -3.84. The standard InChI is InChI=1S/C18H18FN3O5.ClH/c19-14-10(18(27)5-7-20-8-6-18)2-1-9-13(14)17(26)22(16(9)25)11-3-4-12(23)21-15(11)24;/h1-2,11,20,27H,3-8H2,(H,21,23,24);1H. The second-order valence-electron chi connectivity index (χ2n) is 7.08. The molecule has 4 rings (SSSR count). The van der Waals surface area contributed by atoms with Crippen molar-refractivity contribution in [2.75, 3.05) is 13.1 Å². The number of nitrogens with one attached hydrogen (secondary N) is 2. The largest absolute Gasteiger partial charge is 0.385 e. The van der Waals surface area contributed by atoms with E-state index < -0.39 is 46.7 Å². The molecule has 0 saturated carbocycles. The van der Waals surface area contributed by atoms with Crippen molar-refractivity contribution in [3.8, 4) is 0 Å². The lowest BCUT2D eigenvalue weighted by molar-refractivity contribution is -0.136. The summed E-state index contributed by atoms with van der Waals surface area (Å²) in [6.07, 6.45) is 0.550. The van der Waals surface area contributed by atoms with Gasteiger partial charge in [0, 0.05) is 12.0 Å². The first kappa shape index (κ1) is 20.4. The van der Waals surface area contributed by atoms with E-state index in [0.717, 1.165) is 0 Å². The monoisotopic (exact) mass is 411 g/mol. The molecule has 4 amide bonds. The van der Waals surface area contributed by atoms with Gasteiger partial charge in [-0.3, -0.25) is 29.4 Å². The van der Waals surface area contributed by atoms with Gasteiger partial charge in [-0.05, 0) is 38.4 Å². The van der Waals surface area contributed by atoms with Gasteiger partial charge >= 0.3 is 0 Å². The number of hydrogen-bond acceptors (Lipinski definition) is 6. The zero-order chi connectivity index (χ0) is 19.3. The Bertz CT molecular complexity index is 884. The van der Waals surface area contributed by atoms with Crippen molar-refractivity contribution in [1.29, 1.82) is 0 Å². The highest BCUT2D eigenvalue weighted by Gasteiger charge is 2.47. The predicted octanol–water partition coefficient (Wildman–Crippen LogP) is 0.220. The molecule has 0 aromatic heterocycles. The minimum Gasteiger partial charge on any atom is -0.385 e. The lowest BCUT2D eigenvalue weighted by Crippen LogP contribution is -2.54. The average Bonchev–Trinajstić information content (AvgIpc) is 2.88. The van der Waals surface area contributed by atoms with Crippen molar-refractivity contribution in [1.82, 2.24) is 15.5 Å². The van der Waals surface area contributed by atoms with Crippen molar-refractivity contribution in [3.63, 3.8) is 0 Å². The van der Waals surface area contributed by atoms with Crippen LogP contribution in [0.1, 0.15) is 52.0 Å². The number of carbonyl (C=O) groups excluding carboxylic acids is 4. The van der Waals surface area contributed by atoms with Gasteiger partial charge in [0.1, 0.15) is 11.9 Å². The van der Waals surface area contributed by atoms with Crippen molar-refractivity contribution in [2.24, 2.45) is 0 Å². The quantitative estimate of drug-likeness (QED) is 0.599. The molecule has 3 aliphatic rings. The fourth-order valence-electron chi connectivity index (χ4n) is 3.99. The third-order valence-corrected chi connectivity index (χ3v) is 5.48. The highest BCUT2D eigenvalue weighted by Crippen LogP contribution is 2.37. The van der Waals surface area contributed by atoms with Crippen LogP contribution in [0, 0.1) is 5.82 Å². The number of benzene rings is 1. The van der Waals surface area contributed by atoms with Crippen LogP contribution in [0.4, 0.5) is 4.39 Å². The van der Waals surface area contributed by atoms with Crippen LogP contribution in [0.3, 0.4) is 0 Å². The van der Waals surface area contributed by atoms with Crippen LogP contribution in [-0.4, -0.2) is 52.8 Å². The van der Waals surface area contributed by atoms with E-state index in [4.69, 9.17) is 0 Å². The zero-order valence-electron chi connectivity index (χ0n) is 14.8. The summed E-state index contributed by atoms with van der Waals surface area (Å²) in [4.78, 5) is 49.5. The molecule has 2 fully saturated rings. The minimum atomic E-state index is -1.42. The van der Waals surface area contributed by atoms with E-state index in [1.807, 2.05) is 0 Å². The van der Waals surface area contributed by atoms with E-state index in [1.54, 1.807) is 0 Å². The fourth-order valence-corrected chi connectivity index (χ4v) is 3.99. The van der Waals surface area contributed by atoms with E-state index in [1.165, 1.54) is 12.1 Å². The molecule has 1 aromatic rings. The van der Waals surface area contributed by atoms with E-state index in [0.29, 0.717) is 18.0 Å². The van der Waals surface area contributed by atoms with Crippen LogP contribution in [0.15, 0.2) is 12.1 Å². The normalized spacial score (nSPS) is 23.9. The number of hydrogen-bond donors (Lipinski definition) is 3. The van der Waals surface area contributed by atoms with Crippen molar-refractivity contribution < 1.29 is 28.7 Å². The van der Waals surface area contributed by atoms with Crippen molar-refractivity contribution >= 4 is 36.0 Å². The number of aliphatic hydroxyl groups is 1. The maximum atomic E-state index is 15.2. The Hall–Kier alpha value is -2.36. The number of rotatable bonds is 2. The summed E-state index contributed by atoms with van der Waals surface area (Å²) in [6.45, 7) is 1.00. The Kier molecular flexibility index (Phi) is 5.26. The molecule has 150 valence electrons. The molecule has 28 heavy (non-hydrogen) atoms. The molecule has 0 aliphatic carbocycles. The van der Waals surface area contributed by atoms with E-state index in [2.05, 4.69) is 10.6 Å². The van der Waals surface area contributed by atoms with Crippen LogP contribution in [0.2, 0.25) is 0 Å². The maximum absolute atomic E-state index is 15.2. The van der Waals surface area contributed by atoms with E-state index in [-0.39, 0.29) is 49.2 Å². The van der Waals surface area contributed by atoms with E-state index >= 15 is 4.39 Å². The minimum absolute atomic E-state index is 0. The van der Waals surface area contributed by atoms with Crippen molar-refractivity contribution in [3.05, 3.63) is 34.6 Å². The summed E-state index contributed by atoms with van der Waals surface area (Å²) in [5, 5.41) is 16.0. The van der Waals surface area contributed by atoms with E-state index in [9.17, 15) is 24.3 Å². The van der Waals surface area contributed by atoms with Crippen LogP contribution in [-0.2, 0) is 15.2 Å². The highest BCUT2D eigenvalue weighted by atomic mass is 35.5. The van der Waals surface area contributed by atoms with Crippen molar-refractivity contribution in [2.45, 2.75) is 37.3 Å². The first-order valence-corrected chi connectivity index (χ1v) is 8.81. The van der Waals surface area contributed by atoms with Gasteiger partial charge in [0.05, 0.1) is 16.7 Å². The fraction of sp³-hybridized carbons (Fsp3) is 0.444. The highest BCUT2D eigenvalue weighted by molar-refractivity contribution is 6.23. The lowest BCUT2D eigenvalue weighted by Gasteiger charge is -2.33. The third-order valence-electron chi connectivity index (χ3n) is 5.48. The Labute approximate surface area is 165 Å². The van der Waals surface area contributed by atoms with Gasteiger partial charge < -0.3 is 10.4 Å². The van der Waals surface area contributed by atoms with Crippen LogP contribution < -0.4 is 10.6 Å². The second kappa shape index (κ2) is 7.23. The van der Waals surface area contributed by atoms with Crippen LogP contribution in [0.25, 0.3) is 0 Å². The molecule has 0 spiro atoms. The molecule has 0 bridgehead atoms. The van der Waals surface area contributed by atoms with Gasteiger partial charge in [0.2, 0.25) is 11.8 Å². The Morgan fingerprint density at radius 3 is 2.43 bits per heavy atom. The molecule has 3 aliphatic heterocycles. The molecule has 2 saturated heterocycles. The molecule has 1 aromatic carbocycles. The smallest absolute Gasteiger partial charge is 0.265 e. The summed E-state index contributed by atoms with van der Waals surface area (Å²) in [7, 11) is 0. The van der Waals surface area contributed by atoms with Crippen LogP contribution >= 0.6 is 12.4 Å². The van der Waals surface area contributed by atoms with Gasteiger partial charge in [-0.2, -0.15) is 0 Å². The van der Waals surface area contributed by atoms with Gasteiger partial charge in [0.15, 0.2) is 0 Å². The summed E-state index contributed by atoms with van der Waals surface area (Å²) < 4.78 is 15.2. The number of fused-ring (bicyclic) bond motifs is 1. The van der Waals surface area contributed by atoms with Gasteiger partial charge in [0.25, 0.3) is 11.8 Å². The number of piperidine rings is 2. The van der Waals surface area contributed by atoms with Gasteiger partial charge in [-0.1, -0.05) is 6.07 Å². The first-order chi connectivity index (χ1) is 12.8. The van der Waals surface area contributed by atoms with Gasteiger partial charge in [-0.15, -0.1) is 12.4 Å². The topological polar surface area (TPSA) is 116 Å². The molecular weight excluding hydrogens is 393 g/mol. The number of nitrogens with zero attached hydrogens (tertiary/aromatic N) is 1. The molecule has 1 unspecified atom stereocenters. The first-order valence-electron chi connectivity index (χ1n) is 8.81. The summed E-state index contributed by atoms with van der Waals surface area (Å²) >= 11 is 0. The number of halogens is 2. The maximum Gasteiger partial charge on any atom is 0.265 e. The third kappa shape index (κ3) is 2.99. The Morgan fingerprint density at radius 2 is 1.79 bits per heavy atom. The second-order valence-corrected chi connectivity index (χ2v) is 7.08. The van der Waals surface area contributed by atoms with Crippen LogP contribution in [0.5, 0.6) is 0 Å². The zero-order valence-corrected chi connectivity index (χ0v) is 15.6. The molecule has 3 heterocycles. The lowest BCUT2D eigenvalue weighted by atomic mass is 9.83.